The van der Waals surface area contributed by atoms with E-state index in [1.807, 2.05) is 24.3 Å². The second kappa shape index (κ2) is 38.8. The number of hydrogen-bond acceptors (Lipinski definition) is 3. The Kier molecular flexibility index (Phi) is 41.6. The van der Waals surface area contributed by atoms with Crippen LogP contribution in [0.15, 0.2) is 72.8 Å². The van der Waals surface area contributed by atoms with Gasteiger partial charge in [0, 0.05) is 17.1 Å². The van der Waals surface area contributed by atoms with Gasteiger partial charge in [-0.3, -0.25) is 0 Å². The van der Waals surface area contributed by atoms with E-state index in [0.717, 1.165) is 67.3 Å². The molecule has 0 unspecified atom stereocenters. The van der Waals surface area contributed by atoms with Crippen LogP contribution < -0.4 is 63.0 Å². The van der Waals surface area contributed by atoms with Crippen LogP contribution in [0.25, 0.3) is 14.5 Å². The normalized spacial score (nSPS) is 8.94. The van der Waals surface area contributed by atoms with E-state index in [0.29, 0.717) is 23.7 Å². The van der Waals surface area contributed by atoms with E-state index in [9.17, 15) is 0 Å². The maximum absolute atomic E-state index is 8.75. The van der Waals surface area contributed by atoms with Crippen LogP contribution in [0.5, 0.6) is 17.2 Å². The first-order valence-corrected chi connectivity index (χ1v) is 18.8. The fourth-order valence-electron chi connectivity index (χ4n) is 3.25. The first kappa shape index (κ1) is 51.4. The van der Waals surface area contributed by atoms with Crippen LogP contribution in [-0.2, 0) is 0 Å². The van der Waals surface area contributed by atoms with E-state index in [2.05, 4.69) is 53.1 Å². The number of alkyl halides is 4. The van der Waals surface area contributed by atoms with Crippen molar-refractivity contribution in [2.75, 3.05) is 34.7 Å². The van der Waals surface area contributed by atoms with Crippen molar-refractivity contribution in [1.82, 2.24) is 0 Å². The molecule has 6 nitrogen and oxygen atoms in total. The van der Waals surface area contributed by atoms with Gasteiger partial charge in [-0.2, -0.15) is 0 Å². The first-order valence-electron chi connectivity index (χ1n) is 15.1. The molecule has 3 rings (SSSR count). The van der Waals surface area contributed by atoms with Crippen LogP contribution in [0.1, 0.15) is 57.8 Å². The molecule has 48 heavy (non-hydrogen) atoms. The SMILES string of the molecule is ClCCCCCBr.[C-]#[N+]c1ccc(O)cc1.[C-]#[N+]c1ccc(OCCCCCCl)cc1.[C-]#[N+]c1ccc(OCCCCCI)cc1.[I-].[Na+]. The Morgan fingerprint density at radius 1 is 0.583 bits per heavy atom. The molecule has 0 amide bonds. The fraction of sp³-hybridized carbons (Fsp3) is 0.417. The van der Waals surface area contributed by atoms with E-state index in [4.69, 9.17) is 57.5 Å². The predicted molar refractivity (Wildman–Crippen MR) is 206 cm³/mol. The third kappa shape index (κ3) is 31.1. The van der Waals surface area contributed by atoms with Gasteiger partial charge in [-0.1, -0.05) is 81.3 Å². The number of unbranched alkanes of at least 4 members (excludes halogenated alkanes) is 6. The molecule has 0 radical (unpaired) electrons. The molecule has 3 aromatic carbocycles. The quantitative estimate of drug-likeness (QED) is 0.0555. The maximum atomic E-state index is 8.75. The van der Waals surface area contributed by atoms with Gasteiger partial charge in [-0.25, -0.2) is 14.5 Å². The predicted octanol–water partition coefficient (Wildman–Crippen LogP) is 6.99. The molecule has 0 bridgehead atoms. The summed E-state index contributed by atoms with van der Waals surface area (Å²) in [4.78, 5) is 9.79. The van der Waals surface area contributed by atoms with Crippen molar-refractivity contribution < 1.29 is 68.1 Å². The summed E-state index contributed by atoms with van der Waals surface area (Å²) in [6, 6.07) is 20.6. The molecule has 1 N–H and O–H groups in total. The third-order valence-corrected chi connectivity index (χ3v) is 7.63. The molecular formula is C36H43BrCl2I2N3NaO3. The molecule has 3 aromatic rings. The van der Waals surface area contributed by atoms with Crippen molar-refractivity contribution in [3.8, 4) is 17.2 Å². The van der Waals surface area contributed by atoms with Crippen molar-refractivity contribution in [2.45, 2.75) is 57.8 Å². The van der Waals surface area contributed by atoms with Gasteiger partial charge in [0.2, 0.25) is 0 Å². The van der Waals surface area contributed by atoms with Gasteiger partial charge in [0.25, 0.3) is 0 Å². The van der Waals surface area contributed by atoms with Crippen LogP contribution >= 0.6 is 61.7 Å². The monoisotopic (exact) mass is 991 g/mol. The molecule has 0 aliphatic heterocycles. The maximum Gasteiger partial charge on any atom is 1.00 e. The van der Waals surface area contributed by atoms with Gasteiger partial charge in [0.1, 0.15) is 17.2 Å². The topological polar surface area (TPSA) is 51.8 Å². The molecule has 0 spiro atoms. The number of rotatable bonds is 16. The van der Waals surface area contributed by atoms with Gasteiger partial charge in [-0.15, -0.1) is 23.2 Å². The second-order valence-corrected chi connectivity index (χ2v) is 12.1. The molecule has 0 saturated heterocycles. The van der Waals surface area contributed by atoms with Crippen LogP contribution in [0.2, 0.25) is 0 Å². The summed E-state index contributed by atoms with van der Waals surface area (Å²) in [7, 11) is 0. The van der Waals surface area contributed by atoms with E-state index >= 15 is 0 Å². The molecule has 0 heterocycles. The minimum absolute atomic E-state index is 0. The Hall–Kier alpha value is -0.950. The van der Waals surface area contributed by atoms with Crippen LogP contribution in [0, 0.1) is 19.7 Å². The van der Waals surface area contributed by atoms with Crippen LogP contribution in [0.4, 0.5) is 17.1 Å². The molecule has 0 aliphatic carbocycles. The van der Waals surface area contributed by atoms with Gasteiger partial charge >= 0.3 is 29.6 Å². The molecular weight excluding hydrogens is 950 g/mol. The van der Waals surface area contributed by atoms with Crippen molar-refractivity contribution in [2.24, 2.45) is 0 Å². The fourth-order valence-corrected chi connectivity index (χ4v) is 4.57. The Balaban J connectivity index is -0.000000579. The summed E-state index contributed by atoms with van der Waals surface area (Å²) in [6.07, 6.45) is 10.4. The molecule has 256 valence electrons. The van der Waals surface area contributed by atoms with Gasteiger partial charge in [0.15, 0.2) is 17.1 Å². The van der Waals surface area contributed by atoms with Crippen LogP contribution in [0.3, 0.4) is 0 Å². The molecule has 0 aromatic heterocycles. The Morgan fingerprint density at radius 3 is 1.27 bits per heavy atom. The van der Waals surface area contributed by atoms with Gasteiger partial charge < -0.3 is 38.6 Å². The van der Waals surface area contributed by atoms with E-state index in [-0.39, 0.29) is 59.3 Å². The average molecular weight is 993 g/mol. The van der Waals surface area contributed by atoms with E-state index < -0.39 is 0 Å². The third-order valence-electron chi connectivity index (χ3n) is 5.77. The summed E-state index contributed by atoms with van der Waals surface area (Å²) in [5.74, 6) is 3.42. The van der Waals surface area contributed by atoms with Gasteiger partial charge in [-0.05, 0) is 92.2 Å². The van der Waals surface area contributed by atoms with E-state index in [1.165, 1.54) is 42.2 Å². The van der Waals surface area contributed by atoms with Crippen molar-refractivity contribution in [3.63, 3.8) is 0 Å². The largest absolute Gasteiger partial charge is 1.00 e. The molecule has 12 heteroatoms. The molecule has 0 aliphatic rings. The minimum atomic E-state index is 0. The average Bonchev–Trinajstić information content (AvgIpc) is 3.10. The zero-order valence-electron chi connectivity index (χ0n) is 27.5. The number of phenols is 1. The second-order valence-electron chi connectivity index (χ2n) is 9.47. The number of nitrogens with zero attached hydrogens (tertiary/aromatic N) is 3. The number of benzene rings is 3. The summed E-state index contributed by atoms with van der Waals surface area (Å²) in [6.45, 7) is 21.7. The van der Waals surface area contributed by atoms with Crippen molar-refractivity contribution in [1.29, 1.82) is 0 Å². The van der Waals surface area contributed by atoms with Crippen molar-refractivity contribution >= 4 is 78.8 Å². The number of phenolic OH excluding ortho intramolecular Hbond substituents is 1. The van der Waals surface area contributed by atoms with Crippen LogP contribution in [-0.4, -0.2) is 39.8 Å². The van der Waals surface area contributed by atoms with Gasteiger partial charge in [0.05, 0.1) is 32.9 Å². The minimum Gasteiger partial charge on any atom is -1.00 e. The molecule has 0 atom stereocenters. The summed E-state index contributed by atoms with van der Waals surface area (Å²) in [5, 5.41) is 9.86. The zero-order chi connectivity index (χ0) is 34.1. The number of hydrogen-bond donors (Lipinski definition) is 1. The number of halogens is 5. The molecule has 0 fully saturated rings. The Labute approximate surface area is 359 Å². The Morgan fingerprint density at radius 2 is 0.938 bits per heavy atom. The Bertz CT molecular complexity index is 1200. The summed E-state index contributed by atoms with van der Waals surface area (Å²) in [5.41, 5.74) is 1.85. The number of aromatic hydroxyl groups is 1. The first-order chi connectivity index (χ1) is 22.5. The molecule has 0 saturated carbocycles. The zero-order valence-corrected chi connectivity index (χ0v) is 36.9. The summed E-state index contributed by atoms with van der Waals surface area (Å²) >= 11 is 16.7. The smallest absolute Gasteiger partial charge is 1.00 e. The van der Waals surface area contributed by atoms with Crippen molar-refractivity contribution in [3.05, 3.63) is 107 Å². The van der Waals surface area contributed by atoms with E-state index in [1.54, 1.807) is 36.4 Å². The standard InChI is InChI=1S/C12H14ClNO.C12H14INO.C7H5NO.C5H10BrCl.HI.Na/c2*1-14-11-5-7-12(8-6-11)15-10-4-2-3-9-13;1-8-6-2-4-7(9)5-3-6;6-4-2-1-3-5-7;;/h2*5-8H,2-4,9-10H2;2-5,9H;1-5H2;1H;/q;;;;;+1/p-1. The number of ether oxygens (including phenoxy) is 2. The summed E-state index contributed by atoms with van der Waals surface area (Å²) < 4.78 is 12.3.